The number of hydrogen-bond donors (Lipinski definition) is 1. The van der Waals surface area contributed by atoms with Gasteiger partial charge in [0, 0.05) is 5.69 Å². The van der Waals surface area contributed by atoms with Crippen molar-refractivity contribution < 1.29 is 0 Å². The van der Waals surface area contributed by atoms with Gasteiger partial charge in [-0.25, -0.2) is 0 Å². The van der Waals surface area contributed by atoms with Crippen molar-refractivity contribution in [2.45, 2.75) is 0 Å². The average molecular weight is 474 g/mol. The van der Waals surface area contributed by atoms with Gasteiger partial charge in [-0.1, -0.05) is 133 Å². The molecule has 2 N–H and O–H groups in total. The predicted molar refractivity (Wildman–Crippen MR) is 158 cm³/mol. The van der Waals surface area contributed by atoms with Gasteiger partial charge in [0.1, 0.15) is 0 Å². The monoisotopic (exact) mass is 473 g/mol. The molecule has 0 saturated heterocycles. The first-order valence-corrected chi connectivity index (χ1v) is 12.6. The van der Waals surface area contributed by atoms with Gasteiger partial charge in [0.25, 0.3) is 0 Å². The van der Waals surface area contributed by atoms with Crippen LogP contribution in [-0.2, 0) is 0 Å². The van der Waals surface area contributed by atoms with Crippen LogP contribution in [0, 0.1) is 0 Å². The van der Waals surface area contributed by atoms with Gasteiger partial charge >= 0.3 is 0 Å². The number of nitrogens with two attached hydrogens (primary N) is 1. The quantitative estimate of drug-likeness (QED) is 0.248. The third-order valence-corrected chi connectivity index (χ3v) is 6.82. The molecule has 0 aromatic heterocycles. The van der Waals surface area contributed by atoms with E-state index in [-0.39, 0.29) is 0 Å². The SMILES string of the molecule is Nc1ccc(-c2c(-c3ccccc3)c(-c3ccccc3)cc(-c3ccccc3)c2-c2ccccc2)cc1. The van der Waals surface area contributed by atoms with Crippen LogP contribution in [0.1, 0.15) is 0 Å². The smallest absolute Gasteiger partial charge is 0.0314 e. The van der Waals surface area contributed by atoms with Crippen molar-refractivity contribution >= 4 is 5.69 Å². The summed E-state index contributed by atoms with van der Waals surface area (Å²) >= 11 is 0. The lowest BCUT2D eigenvalue weighted by molar-refractivity contribution is 1.53. The minimum absolute atomic E-state index is 0.758. The molecule has 0 atom stereocenters. The maximum atomic E-state index is 6.15. The number of hydrogen-bond acceptors (Lipinski definition) is 1. The molecule has 0 amide bonds. The molecule has 6 aromatic carbocycles. The number of rotatable bonds is 5. The van der Waals surface area contributed by atoms with Crippen LogP contribution in [0.5, 0.6) is 0 Å². The number of benzene rings is 6. The molecule has 176 valence electrons. The van der Waals surface area contributed by atoms with Gasteiger partial charge in [-0.3, -0.25) is 0 Å². The fraction of sp³-hybridized carbons (Fsp3) is 0. The van der Waals surface area contributed by atoms with Crippen LogP contribution < -0.4 is 5.73 Å². The second kappa shape index (κ2) is 10.0. The lowest BCUT2D eigenvalue weighted by Crippen LogP contribution is -1.98. The number of anilines is 1. The summed E-state index contributed by atoms with van der Waals surface area (Å²) < 4.78 is 0. The summed E-state index contributed by atoms with van der Waals surface area (Å²) in [7, 11) is 0. The van der Waals surface area contributed by atoms with Gasteiger partial charge in [0.15, 0.2) is 0 Å². The fourth-order valence-corrected chi connectivity index (χ4v) is 5.12. The summed E-state index contributed by atoms with van der Waals surface area (Å²) in [5.74, 6) is 0. The van der Waals surface area contributed by atoms with E-state index in [1.807, 2.05) is 12.1 Å². The predicted octanol–water partition coefficient (Wildman–Crippen LogP) is 9.60. The van der Waals surface area contributed by atoms with Crippen LogP contribution in [-0.4, -0.2) is 0 Å². The van der Waals surface area contributed by atoms with E-state index in [9.17, 15) is 0 Å². The molecule has 0 heterocycles. The first-order valence-electron chi connectivity index (χ1n) is 12.6. The Kier molecular flexibility index (Phi) is 6.10. The Morgan fingerprint density at radius 1 is 0.297 bits per heavy atom. The standard InChI is InChI=1S/C36H27N/c37-31-23-21-30(22-24-31)36-34(28-17-9-3-10-18-28)32(26-13-5-1-6-14-26)25-33(27-15-7-2-8-16-27)35(36)29-19-11-4-12-20-29/h1-25H,37H2. The second-order valence-electron chi connectivity index (χ2n) is 9.18. The molecule has 1 nitrogen and oxygen atoms in total. The van der Waals surface area contributed by atoms with Crippen LogP contribution in [0.25, 0.3) is 55.6 Å². The molecule has 1 heteroatoms. The Labute approximate surface area is 218 Å². The summed E-state index contributed by atoms with van der Waals surface area (Å²) in [4.78, 5) is 0. The highest BCUT2D eigenvalue weighted by molar-refractivity contribution is 6.07. The van der Waals surface area contributed by atoms with Crippen LogP contribution >= 0.6 is 0 Å². The topological polar surface area (TPSA) is 26.0 Å². The summed E-state index contributed by atoms with van der Waals surface area (Å²) in [5, 5.41) is 0. The molecule has 0 spiro atoms. The molecule has 0 aliphatic rings. The molecule has 37 heavy (non-hydrogen) atoms. The van der Waals surface area contributed by atoms with E-state index in [0.29, 0.717) is 0 Å². The molecule has 0 aliphatic carbocycles. The van der Waals surface area contributed by atoms with Crippen molar-refractivity contribution in [2.75, 3.05) is 5.73 Å². The zero-order chi connectivity index (χ0) is 25.0. The van der Waals surface area contributed by atoms with Gasteiger partial charge in [0.2, 0.25) is 0 Å². The average Bonchev–Trinajstić information content (AvgIpc) is 2.98. The zero-order valence-corrected chi connectivity index (χ0v) is 20.5. The van der Waals surface area contributed by atoms with Crippen molar-refractivity contribution in [1.82, 2.24) is 0 Å². The Balaban J connectivity index is 1.84. The molecule has 0 unspecified atom stereocenters. The highest BCUT2D eigenvalue weighted by Gasteiger charge is 2.23. The summed E-state index contributed by atoms with van der Waals surface area (Å²) in [5.41, 5.74) is 18.8. The van der Waals surface area contributed by atoms with Gasteiger partial charge < -0.3 is 5.73 Å². The van der Waals surface area contributed by atoms with Gasteiger partial charge in [0.05, 0.1) is 0 Å². The second-order valence-corrected chi connectivity index (χ2v) is 9.18. The van der Waals surface area contributed by atoms with Crippen molar-refractivity contribution in [3.05, 3.63) is 152 Å². The van der Waals surface area contributed by atoms with Gasteiger partial charge in [-0.05, 0) is 73.8 Å². The van der Waals surface area contributed by atoms with E-state index in [4.69, 9.17) is 5.73 Å². The maximum absolute atomic E-state index is 6.15. The summed E-state index contributed by atoms with van der Waals surface area (Å²) in [6.45, 7) is 0. The summed E-state index contributed by atoms with van der Waals surface area (Å²) in [6.07, 6.45) is 0. The van der Waals surface area contributed by atoms with E-state index in [1.165, 1.54) is 50.1 Å². The highest BCUT2D eigenvalue weighted by Crippen LogP contribution is 2.50. The van der Waals surface area contributed by atoms with Crippen molar-refractivity contribution in [2.24, 2.45) is 0 Å². The molecular formula is C36H27N. The molecular weight excluding hydrogens is 446 g/mol. The molecule has 0 fully saturated rings. The molecule has 6 rings (SSSR count). The van der Waals surface area contributed by atoms with E-state index in [2.05, 4.69) is 140 Å². The summed E-state index contributed by atoms with van der Waals surface area (Å²) in [6, 6.07) is 53.5. The first kappa shape index (κ1) is 22.6. The minimum Gasteiger partial charge on any atom is -0.399 e. The van der Waals surface area contributed by atoms with Crippen molar-refractivity contribution in [3.8, 4) is 55.6 Å². The lowest BCUT2D eigenvalue weighted by Gasteiger charge is -2.24. The van der Waals surface area contributed by atoms with Crippen LogP contribution in [0.4, 0.5) is 5.69 Å². The first-order chi connectivity index (χ1) is 18.3. The van der Waals surface area contributed by atoms with E-state index < -0.39 is 0 Å². The lowest BCUT2D eigenvalue weighted by atomic mass is 9.79. The van der Waals surface area contributed by atoms with Crippen LogP contribution in [0.15, 0.2) is 152 Å². The van der Waals surface area contributed by atoms with Crippen molar-refractivity contribution in [1.29, 1.82) is 0 Å². The third kappa shape index (κ3) is 4.44. The Bertz CT molecular complexity index is 1520. The minimum atomic E-state index is 0.758. The van der Waals surface area contributed by atoms with Gasteiger partial charge in [-0.2, -0.15) is 0 Å². The van der Waals surface area contributed by atoms with Gasteiger partial charge in [-0.15, -0.1) is 0 Å². The zero-order valence-electron chi connectivity index (χ0n) is 20.5. The fourth-order valence-electron chi connectivity index (χ4n) is 5.12. The van der Waals surface area contributed by atoms with E-state index >= 15 is 0 Å². The molecule has 0 aliphatic heterocycles. The Hall–Kier alpha value is -4.88. The van der Waals surface area contributed by atoms with Crippen LogP contribution in [0.3, 0.4) is 0 Å². The van der Waals surface area contributed by atoms with E-state index in [0.717, 1.165) is 11.3 Å². The van der Waals surface area contributed by atoms with Crippen molar-refractivity contribution in [3.63, 3.8) is 0 Å². The molecule has 6 aromatic rings. The Morgan fingerprint density at radius 2 is 0.622 bits per heavy atom. The van der Waals surface area contributed by atoms with Crippen LogP contribution in [0.2, 0.25) is 0 Å². The highest BCUT2D eigenvalue weighted by atomic mass is 14.5. The third-order valence-electron chi connectivity index (χ3n) is 6.82. The normalized spacial score (nSPS) is 10.8. The molecule has 0 radical (unpaired) electrons. The Morgan fingerprint density at radius 3 is 1.00 bits per heavy atom. The largest absolute Gasteiger partial charge is 0.399 e. The molecule has 0 saturated carbocycles. The number of nitrogen functional groups attached to an aromatic ring is 1. The molecule has 0 bridgehead atoms. The maximum Gasteiger partial charge on any atom is 0.0314 e. The van der Waals surface area contributed by atoms with E-state index in [1.54, 1.807) is 0 Å².